The maximum atomic E-state index is 12.1. The molecule has 0 bridgehead atoms. The number of ether oxygens (including phenoxy) is 2. The first-order chi connectivity index (χ1) is 18.1. The second-order valence-corrected chi connectivity index (χ2v) is 11.4. The quantitative estimate of drug-likeness (QED) is 0.0849. The summed E-state index contributed by atoms with van der Waals surface area (Å²) in [7, 11) is -11.7. The Morgan fingerprint density at radius 1 is 1.00 bits per heavy atom. The minimum Gasteiger partial charge on any atom is -0.756 e. The van der Waals surface area contributed by atoms with Gasteiger partial charge in [0.25, 0.3) is 21.6 Å². The number of carbonyl (C=O) groups is 1. The SMILES string of the molecule is N=C1N=C2C(N=CN2C2OC(COP(=O)([O-])OP(=O)([O-])OC3OC(CO)C(O)C(O)C3O)C(O)C2O)C(=O)N1.[Na+].[Na+]. The summed E-state index contributed by atoms with van der Waals surface area (Å²) in [6.45, 7) is -2.02. The summed E-state index contributed by atoms with van der Waals surface area (Å²) in [6.07, 6.45) is -15.5. The number of nitrogens with one attached hydrogen (secondary N) is 2. The van der Waals surface area contributed by atoms with E-state index in [0.29, 0.717) is 0 Å². The van der Waals surface area contributed by atoms with E-state index < -0.39 is 102 Å². The molecule has 4 aliphatic heterocycles. The number of phosphoric ester groups is 2. The van der Waals surface area contributed by atoms with Gasteiger partial charge in [0, 0.05) is 0 Å². The Balaban J connectivity index is 0.00000294. The van der Waals surface area contributed by atoms with Gasteiger partial charge in [0.2, 0.25) is 5.96 Å². The van der Waals surface area contributed by atoms with E-state index in [1.165, 1.54) is 0 Å². The third kappa shape index (κ3) is 8.28. The van der Waals surface area contributed by atoms with Gasteiger partial charge in [0.15, 0.2) is 24.4 Å². The van der Waals surface area contributed by atoms with Crippen molar-refractivity contribution in [1.29, 1.82) is 5.41 Å². The van der Waals surface area contributed by atoms with Crippen LogP contribution in [0.1, 0.15) is 0 Å². The number of amides is 1. The summed E-state index contributed by atoms with van der Waals surface area (Å²) in [5.74, 6) is -1.32. The summed E-state index contributed by atoms with van der Waals surface area (Å²) < 4.78 is 47.1. The van der Waals surface area contributed by atoms with E-state index in [1.807, 2.05) is 0 Å². The van der Waals surface area contributed by atoms with Gasteiger partial charge in [-0.25, -0.2) is 4.31 Å². The van der Waals surface area contributed by atoms with Crippen LogP contribution in [0.3, 0.4) is 0 Å². The first-order valence-electron chi connectivity index (χ1n) is 10.9. The van der Waals surface area contributed by atoms with Gasteiger partial charge in [-0.2, -0.15) is 4.99 Å². The Kier molecular flexibility index (Phi) is 13.3. The average molecular weight is 649 g/mol. The van der Waals surface area contributed by atoms with Crippen LogP contribution in [0.4, 0.5) is 0 Å². The molecule has 2 fully saturated rings. The van der Waals surface area contributed by atoms with E-state index in [2.05, 4.69) is 28.7 Å². The first-order valence-corrected chi connectivity index (χ1v) is 13.8. The summed E-state index contributed by atoms with van der Waals surface area (Å²) in [4.78, 5) is 44.9. The molecule has 0 saturated carbocycles. The van der Waals surface area contributed by atoms with Crippen LogP contribution in [0.25, 0.3) is 0 Å². The number of guanidine groups is 1. The fraction of sp³-hybridized carbons (Fsp3) is 0.750. The van der Waals surface area contributed by atoms with Crippen LogP contribution in [0, 0.1) is 5.41 Å². The molecule has 12 atom stereocenters. The van der Waals surface area contributed by atoms with Crippen molar-refractivity contribution in [2.45, 2.75) is 61.3 Å². The Bertz CT molecular complexity index is 1150. The molecule has 220 valence electrons. The molecule has 8 N–H and O–H groups in total. The van der Waals surface area contributed by atoms with Crippen LogP contribution < -0.4 is 74.2 Å². The monoisotopic (exact) mass is 649 g/mol. The number of aliphatic hydroxyl groups is 6. The van der Waals surface area contributed by atoms with Gasteiger partial charge in [0.05, 0.1) is 19.6 Å². The standard InChI is InChI=1S/C16H25N5O16P2.2Na/c17-16-19-12-6(13(28)20-16)18-3-21(12)14-10(26)8(24)5(34-14)2-33-38(29,30)37-39(31,32)36-15-11(27)9(25)7(23)4(1-22)35-15;;/h3-11,14-15,22-27H,1-2H2,(H,29,30)(H,31,32)(H2,17,20,28);;/q;2*+1/p-2. The molecule has 25 heteroatoms. The molecule has 0 aromatic carbocycles. The zero-order valence-electron chi connectivity index (χ0n) is 21.3. The largest absolute Gasteiger partial charge is 1.00 e. The second kappa shape index (κ2) is 14.5. The first kappa shape index (κ1) is 37.4. The Labute approximate surface area is 274 Å². The molecule has 4 aliphatic rings. The number of hydrogen-bond donors (Lipinski definition) is 8. The van der Waals surface area contributed by atoms with Gasteiger partial charge in [-0.15, -0.1) is 0 Å². The normalized spacial score (nSPS) is 39.5. The second-order valence-electron chi connectivity index (χ2n) is 8.50. The molecule has 0 aromatic rings. The van der Waals surface area contributed by atoms with Crippen molar-refractivity contribution in [3.63, 3.8) is 0 Å². The molecular weight excluding hydrogens is 626 g/mol. The third-order valence-corrected chi connectivity index (χ3v) is 8.39. The Morgan fingerprint density at radius 3 is 2.27 bits per heavy atom. The van der Waals surface area contributed by atoms with E-state index in [0.717, 1.165) is 11.2 Å². The van der Waals surface area contributed by atoms with Gasteiger partial charge < -0.3 is 54.4 Å². The predicted molar refractivity (Wildman–Crippen MR) is 115 cm³/mol. The van der Waals surface area contributed by atoms with Crippen LogP contribution in [-0.2, 0) is 36.8 Å². The van der Waals surface area contributed by atoms with Gasteiger partial charge in [-0.3, -0.25) is 39.1 Å². The number of amidine groups is 1. The number of rotatable bonds is 9. The van der Waals surface area contributed by atoms with Crippen molar-refractivity contribution in [2.75, 3.05) is 13.2 Å². The smallest absolute Gasteiger partial charge is 0.756 e. The van der Waals surface area contributed by atoms with E-state index in [9.17, 15) is 49.2 Å². The summed E-state index contributed by atoms with van der Waals surface area (Å²) in [6, 6.07) is -1.16. The third-order valence-electron chi connectivity index (χ3n) is 5.86. The number of aliphatic hydroxyl groups excluding tert-OH is 6. The van der Waals surface area contributed by atoms with Gasteiger partial charge in [-0.1, -0.05) is 0 Å². The minimum absolute atomic E-state index is 0. The summed E-state index contributed by atoms with van der Waals surface area (Å²) in [5.41, 5.74) is 0. The van der Waals surface area contributed by atoms with Crippen LogP contribution in [0.5, 0.6) is 0 Å². The number of phosphoric acid groups is 2. The molecule has 0 radical (unpaired) electrons. The number of fused-ring (bicyclic) bond motifs is 1. The molecule has 4 rings (SSSR count). The van der Waals surface area contributed by atoms with Crippen LogP contribution in [0.2, 0.25) is 0 Å². The van der Waals surface area contributed by atoms with E-state index in [1.54, 1.807) is 0 Å². The predicted octanol–water partition coefficient (Wildman–Crippen LogP) is -12.6. The van der Waals surface area contributed by atoms with Crippen LogP contribution >= 0.6 is 15.6 Å². The molecule has 41 heavy (non-hydrogen) atoms. The molecule has 0 aliphatic carbocycles. The van der Waals surface area contributed by atoms with Crippen molar-refractivity contribution in [3.8, 4) is 0 Å². The van der Waals surface area contributed by atoms with Crippen LogP contribution in [0.15, 0.2) is 9.98 Å². The average Bonchev–Trinajstić information content (AvgIpc) is 3.38. The van der Waals surface area contributed by atoms with Crippen molar-refractivity contribution < 1.29 is 136 Å². The van der Waals surface area contributed by atoms with Crippen molar-refractivity contribution >= 4 is 39.7 Å². The van der Waals surface area contributed by atoms with E-state index in [4.69, 9.17) is 20.0 Å². The van der Waals surface area contributed by atoms with Crippen molar-refractivity contribution in [3.05, 3.63) is 0 Å². The number of carbonyl (C=O) groups excluding carboxylic acids is 1. The molecule has 2 saturated heterocycles. The number of hydrogen-bond acceptors (Lipinski definition) is 19. The maximum absolute atomic E-state index is 12.1. The topological polar surface area (TPSA) is 329 Å². The zero-order valence-corrected chi connectivity index (χ0v) is 27.1. The molecule has 1 amide bonds. The van der Waals surface area contributed by atoms with Crippen molar-refractivity contribution in [2.24, 2.45) is 9.98 Å². The molecular formula is C16H23N5Na2O16P2. The van der Waals surface area contributed by atoms with E-state index >= 15 is 0 Å². The molecule has 21 nitrogen and oxygen atoms in total. The zero-order chi connectivity index (χ0) is 28.9. The van der Waals surface area contributed by atoms with Crippen LogP contribution in [-0.4, -0.2) is 134 Å². The fourth-order valence-electron chi connectivity index (χ4n) is 3.94. The molecule has 12 unspecified atom stereocenters. The number of nitrogens with zero attached hydrogens (tertiary/aromatic N) is 3. The van der Waals surface area contributed by atoms with Gasteiger partial charge >= 0.3 is 59.1 Å². The molecule has 0 spiro atoms. The minimum atomic E-state index is -5.91. The Hall–Kier alpha value is 0.220. The fourth-order valence-corrected chi connectivity index (χ4v) is 6.02. The van der Waals surface area contributed by atoms with Gasteiger partial charge in [0.1, 0.15) is 42.7 Å². The Morgan fingerprint density at radius 2 is 1.63 bits per heavy atom. The number of aliphatic imine (C=N–C) groups is 2. The molecule has 0 aromatic heterocycles. The van der Waals surface area contributed by atoms with E-state index in [-0.39, 0.29) is 65.0 Å². The maximum Gasteiger partial charge on any atom is 1.00 e. The van der Waals surface area contributed by atoms with Gasteiger partial charge in [-0.05, 0) is 0 Å². The van der Waals surface area contributed by atoms with Crippen molar-refractivity contribution in [1.82, 2.24) is 10.2 Å². The summed E-state index contributed by atoms with van der Waals surface area (Å²) in [5, 5.41) is 68.7. The summed E-state index contributed by atoms with van der Waals surface area (Å²) >= 11 is 0. The molecule has 4 heterocycles.